The minimum absolute atomic E-state index is 0.0542. The number of rotatable bonds is 8. The molecule has 1 N–H and O–H groups in total. The Labute approximate surface area is 186 Å². The summed E-state index contributed by atoms with van der Waals surface area (Å²) in [7, 11) is 0. The van der Waals surface area contributed by atoms with Crippen LogP contribution in [0.2, 0.25) is 0 Å². The molecule has 31 heavy (non-hydrogen) atoms. The molecule has 1 aromatic carbocycles. The Morgan fingerprint density at radius 3 is 2.19 bits per heavy atom. The Morgan fingerprint density at radius 1 is 0.935 bits per heavy atom. The standard InChI is InChI=1S/C23H37N5O3/c1-4-31-21-8-6-5-7-20(21)27-13-9-26(10-14-27)18-23(30)28-15-11-25(12-16-28)17-22(29)24-19(2)3/h5-8,19H,4,9-18H2,1-3H3,(H,24,29). The number of nitrogens with zero attached hydrogens (tertiary/aromatic N) is 4. The number of carbonyl (C=O) groups excluding carboxylic acids is 2. The molecule has 0 aromatic heterocycles. The third kappa shape index (κ3) is 6.83. The minimum Gasteiger partial charge on any atom is -0.492 e. The zero-order valence-corrected chi connectivity index (χ0v) is 19.2. The van der Waals surface area contributed by atoms with Crippen LogP contribution in [0.3, 0.4) is 0 Å². The van der Waals surface area contributed by atoms with Gasteiger partial charge in [0, 0.05) is 58.4 Å². The molecule has 0 bridgehead atoms. The highest BCUT2D eigenvalue weighted by Crippen LogP contribution is 2.28. The average molecular weight is 432 g/mol. The van der Waals surface area contributed by atoms with Crippen LogP contribution in [0, 0.1) is 0 Å². The molecular formula is C23H37N5O3. The van der Waals surface area contributed by atoms with E-state index < -0.39 is 0 Å². The van der Waals surface area contributed by atoms with Gasteiger partial charge in [-0.05, 0) is 32.9 Å². The Kier molecular flexibility index (Phi) is 8.54. The molecule has 0 atom stereocenters. The molecule has 0 saturated carbocycles. The number of amides is 2. The molecule has 2 fully saturated rings. The summed E-state index contributed by atoms with van der Waals surface area (Å²) in [5.41, 5.74) is 1.13. The van der Waals surface area contributed by atoms with Crippen LogP contribution in [0.4, 0.5) is 5.69 Å². The van der Waals surface area contributed by atoms with Crippen LogP contribution < -0.4 is 15.0 Å². The summed E-state index contributed by atoms with van der Waals surface area (Å²) in [6, 6.07) is 8.32. The van der Waals surface area contributed by atoms with Gasteiger partial charge in [0.25, 0.3) is 0 Å². The van der Waals surface area contributed by atoms with Crippen molar-refractivity contribution in [3.63, 3.8) is 0 Å². The van der Waals surface area contributed by atoms with Crippen LogP contribution in [0.15, 0.2) is 24.3 Å². The van der Waals surface area contributed by atoms with E-state index in [1.807, 2.05) is 43.9 Å². The number of nitrogens with one attached hydrogen (secondary N) is 1. The van der Waals surface area contributed by atoms with Crippen molar-refractivity contribution in [3.8, 4) is 5.75 Å². The van der Waals surface area contributed by atoms with E-state index in [1.165, 1.54) is 0 Å². The Bertz CT molecular complexity index is 726. The second-order valence-corrected chi connectivity index (χ2v) is 8.54. The molecule has 2 amide bonds. The summed E-state index contributed by atoms with van der Waals surface area (Å²) in [6.45, 7) is 13.8. The molecule has 172 valence electrons. The molecule has 2 saturated heterocycles. The topological polar surface area (TPSA) is 68.4 Å². The monoisotopic (exact) mass is 431 g/mol. The summed E-state index contributed by atoms with van der Waals surface area (Å²) in [6.07, 6.45) is 0. The maximum Gasteiger partial charge on any atom is 0.236 e. The van der Waals surface area contributed by atoms with Gasteiger partial charge in [0.15, 0.2) is 0 Å². The van der Waals surface area contributed by atoms with Crippen molar-refractivity contribution in [2.24, 2.45) is 0 Å². The third-order valence-electron chi connectivity index (χ3n) is 5.78. The molecule has 0 aliphatic carbocycles. The lowest BCUT2D eigenvalue weighted by molar-refractivity contribution is -0.134. The average Bonchev–Trinajstić information content (AvgIpc) is 2.75. The van der Waals surface area contributed by atoms with Gasteiger partial charge in [-0.15, -0.1) is 0 Å². The first kappa shape index (κ1) is 23.3. The van der Waals surface area contributed by atoms with Crippen LogP contribution in [0.25, 0.3) is 0 Å². The number of ether oxygens (including phenoxy) is 1. The highest BCUT2D eigenvalue weighted by atomic mass is 16.5. The van der Waals surface area contributed by atoms with E-state index in [0.717, 1.165) is 50.7 Å². The SMILES string of the molecule is CCOc1ccccc1N1CCN(CC(=O)N2CCN(CC(=O)NC(C)C)CC2)CC1. The second-order valence-electron chi connectivity index (χ2n) is 8.54. The van der Waals surface area contributed by atoms with Crippen molar-refractivity contribution in [2.75, 3.05) is 77.0 Å². The largest absolute Gasteiger partial charge is 0.492 e. The fourth-order valence-corrected chi connectivity index (χ4v) is 4.16. The van der Waals surface area contributed by atoms with Gasteiger partial charge in [0.05, 0.1) is 25.4 Å². The molecule has 1 aromatic rings. The van der Waals surface area contributed by atoms with Crippen molar-refractivity contribution in [1.29, 1.82) is 0 Å². The smallest absolute Gasteiger partial charge is 0.236 e. The van der Waals surface area contributed by atoms with Crippen LogP contribution in [-0.4, -0.2) is 105 Å². The van der Waals surface area contributed by atoms with Crippen molar-refractivity contribution in [2.45, 2.75) is 26.8 Å². The third-order valence-corrected chi connectivity index (χ3v) is 5.78. The summed E-state index contributed by atoms with van der Waals surface area (Å²) >= 11 is 0. The lowest BCUT2D eigenvalue weighted by Crippen LogP contribution is -2.55. The number of hydrogen-bond acceptors (Lipinski definition) is 6. The van der Waals surface area contributed by atoms with E-state index in [1.54, 1.807) is 0 Å². The highest BCUT2D eigenvalue weighted by molar-refractivity contribution is 5.79. The summed E-state index contributed by atoms with van der Waals surface area (Å²) in [5.74, 6) is 1.17. The quantitative estimate of drug-likeness (QED) is 0.659. The highest BCUT2D eigenvalue weighted by Gasteiger charge is 2.26. The normalized spacial score (nSPS) is 18.3. The lowest BCUT2D eigenvalue weighted by Gasteiger charge is -2.38. The van der Waals surface area contributed by atoms with E-state index in [2.05, 4.69) is 26.1 Å². The fourth-order valence-electron chi connectivity index (χ4n) is 4.16. The Morgan fingerprint density at radius 2 is 1.55 bits per heavy atom. The van der Waals surface area contributed by atoms with Gasteiger partial charge < -0.3 is 19.9 Å². The molecular weight excluding hydrogens is 394 g/mol. The number of piperazine rings is 2. The van der Waals surface area contributed by atoms with E-state index in [9.17, 15) is 9.59 Å². The Hall–Kier alpha value is -2.32. The molecule has 2 aliphatic heterocycles. The summed E-state index contributed by atoms with van der Waals surface area (Å²) in [5, 5.41) is 2.92. The molecule has 0 radical (unpaired) electrons. The van der Waals surface area contributed by atoms with Gasteiger partial charge in [0.1, 0.15) is 5.75 Å². The van der Waals surface area contributed by atoms with E-state index >= 15 is 0 Å². The van der Waals surface area contributed by atoms with E-state index in [0.29, 0.717) is 32.8 Å². The minimum atomic E-state index is 0.0542. The van der Waals surface area contributed by atoms with Crippen LogP contribution in [0.5, 0.6) is 5.75 Å². The molecule has 8 heteroatoms. The first-order chi connectivity index (χ1) is 15.0. The maximum atomic E-state index is 12.8. The van der Waals surface area contributed by atoms with Gasteiger partial charge in [-0.2, -0.15) is 0 Å². The van der Waals surface area contributed by atoms with Crippen molar-refractivity contribution >= 4 is 17.5 Å². The van der Waals surface area contributed by atoms with E-state index in [-0.39, 0.29) is 17.9 Å². The molecule has 2 heterocycles. The number of benzene rings is 1. The van der Waals surface area contributed by atoms with Gasteiger partial charge in [-0.25, -0.2) is 0 Å². The van der Waals surface area contributed by atoms with Crippen molar-refractivity contribution in [1.82, 2.24) is 20.0 Å². The second kappa shape index (κ2) is 11.3. The summed E-state index contributed by atoms with van der Waals surface area (Å²) in [4.78, 5) is 33.4. The molecule has 0 spiro atoms. The van der Waals surface area contributed by atoms with Crippen molar-refractivity contribution in [3.05, 3.63) is 24.3 Å². The zero-order valence-electron chi connectivity index (χ0n) is 19.2. The predicted molar refractivity (Wildman–Crippen MR) is 123 cm³/mol. The molecule has 3 rings (SSSR count). The predicted octanol–water partition coefficient (Wildman–Crippen LogP) is 0.876. The van der Waals surface area contributed by atoms with Gasteiger partial charge >= 0.3 is 0 Å². The van der Waals surface area contributed by atoms with Crippen LogP contribution in [0.1, 0.15) is 20.8 Å². The number of hydrogen-bond donors (Lipinski definition) is 1. The van der Waals surface area contributed by atoms with E-state index in [4.69, 9.17) is 4.74 Å². The van der Waals surface area contributed by atoms with Crippen LogP contribution in [-0.2, 0) is 9.59 Å². The number of anilines is 1. The maximum absolute atomic E-state index is 12.8. The van der Waals surface area contributed by atoms with Gasteiger partial charge in [-0.1, -0.05) is 12.1 Å². The summed E-state index contributed by atoms with van der Waals surface area (Å²) < 4.78 is 5.77. The molecule has 0 unspecified atom stereocenters. The lowest BCUT2D eigenvalue weighted by atomic mass is 10.2. The first-order valence-electron chi connectivity index (χ1n) is 11.4. The molecule has 2 aliphatic rings. The molecule has 8 nitrogen and oxygen atoms in total. The zero-order chi connectivity index (χ0) is 22.2. The van der Waals surface area contributed by atoms with Crippen LogP contribution >= 0.6 is 0 Å². The van der Waals surface area contributed by atoms with Gasteiger partial charge in [0.2, 0.25) is 11.8 Å². The Balaban J connectivity index is 1.40. The number of para-hydroxylation sites is 2. The fraction of sp³-hybridized carbons (Fsp3) is 0.652. The van der Waals surface area contributed by atoms with Crippen molar-refractivity contribution < 1.29 is 14.3 Å². The first-order valence-corrected chi connectivity index (χ1v) is 11.4. The van der Waals surface area contributed by atoms with Gasteiger partial charge in [-0.3, -0.25) is 19.4 Å². The number of carbonyl (C=O) groups is 2.